The lowest BCUT2D eigenvalue weighted by molar-refractivity contribution is -0.140. The van der Waals surface area contributed by atoms with Gasteiger partial charge in [-0.1, -0.05) is 17.7 Å². The zero-order valence-corrected chi connectivity index (χ0v) is 12.8. The quantitative estimate of drug-likeness (QED) is 0.799. The lowest BCUT2D eigenvalue weighted by Crippen LogP contribution is -2.40. The van der Waals surface area contributed by atoms with Crippen LogP contribution in [0.5, 0.6) is 5.75 Å². The Morgan fingerprint density at radius 2 is 1.90 bits per heavy atom. The molecule has 0 aromatic heterocycles. The van der Waals surface area contributed by atoms with E-state index in [0.29, 0.717) is 6.54 Å². The molecule has 5 nitrogen and oxygen atoms in total. The highest BCUT2D eigenvalue weighted by Gasteiger charge is 2.20. The number of hydrogen-bond donors (Lipinski definition) is 1. The number of nitrogens with zero attached hydrogens (tertiary/aromatic N) is 1. The van der Waals surface area contributed by atoms with Gasteiger partial charge in [0.2, 0.25) is 5.91 Å². The minimum absolute atomic E-state index is 0.0433. The zero-order chi connectivity index (χ0) is 15.8. The fourth-order valence-electron chi connectivity index (χ4n) is 2.13. The Kier molecular flexibility index (Phi) is 6.72. The van der Waals surface area contributed by atoms with Crippen molar-refractivity contribution in [1.82, 2.24) is 4.90 Å². The van der Waals surface area contributed by atoms with E-state index < -0.39 is 5.97 Å². The molecule has 0 saturated heterocycles. The van der Waals surface area contributed by atoms with Crippen LogP contribution in [-0.2, 0) is 9.59 Å². The zero-order valence-electron chi connectivity index (χ0n) is 12.8. The van der Waals surface area contributed by atoms with E-state index in [0.717, 1.165) is 11.3 Å². The van der Waals surface area contributed by atoms with Gasteiger partial charge < -0.3 is 14.7 Å². The van der Waals surface area contributed by atoms with Crippen molar-refractivity contribution in [2.24, 2.45) is 0 Å². The maximum Gasteiger partial charge on any atom is 0.305 e. The predicted molar refractivity (Wildman–Crippen MR) is 80.4 cm³/mol. The normalized spacial score (nSPS) is 11.8. The molecule has 1 rings (SSSR count). The standard InChI is InChI=1S/C16H23NO4/c1-4-17(13(3)11-16(19)20)15(18)9-10-21-14-7-5-12(2)6-8-14/h5-8,13H,4,9-11H2,1-3H3,(H,19,20). The van der Waals surface area contributed by atoms with Crippen LogP contribution >= 0.6 is 0 Å². The van der Waals surface area contributed by atoms with Crippen LogP contribution in [0.1, 0.15) is 32.3 Å². The summed E-state index contributed by atoms with van der Waals surface area (Å²) in [7, 11) is 0. The number of aryl methyl sites for hydroxylation is 1. The van der Waals surface area contributed by atoms with Crippen molar-refractivity contribution in [2.45, 2.75) is 39.7 Å². The summed E-state index contributed by atoms with van der Waals surface area (Å²) in [5.74, 6) is -0.252. The van der Waals surface area contributed by atoms with E-state index in [2.05, 4.69) is 0 Å². The van der Waals surface area contributed by atoms with Gasteiger partial charge in [0.05, 0.1) is 19.4 Å². The first-order chi connectivity index (χ1) is 9.93. The Morgan fingerprint density at radius 3 is 2.43 bits per heavy atom. The molecule has 1 atom stereocenters. The molecule has 1 unspecified atom stereocenters. The molecule has 0 saturated carbocycles. The fraction of sp³-hybridized carbons (Fsp3) is 0.500. The number of carboxylic acid groups (broad SMARTS) is 1. The summed E-state index contributed by atoms with van der Waals surface area (Å²) in [4.78, 5) is 24.4. The number of amides is 1. The molecule has 1 amide bonds. The first kappa shape index (κ1) is 17.0. The van der Waals surface area contributed by atoms with Gasteiger partial charge in [-0.2, -0.15) is 0 Å². The highest BCUT2D eigenvalue weighted by molar-refractivity contribution is 5.77. The van der Waals surface area contributed by atoms with Crippen molar-refractivity contribution in [3.63, 3.8) is 0 Å². The molecule has 0 fully saturated rings. The summed E-state index contributed by atoms with van der Waals surface area (Å²) in [6.07, 6.45) is 0.198. The molecule has 116 valence electrons. The third kappa shape index (κ3) is 5.85. The number of benzene rings is 1. The van der Waals surface area contributed by atoms with Crippen LogP contribution in [0.3, 0.4) is 0 Å². The van der Waals surface area contributed by atoms with Crippen LogP contribution in [0.2, 0.25) is 0 Å². The van der Waals surface area contributed by atoms with E-state index in [4.69, 9.17) is 9.84 Å². The number of carbonyl (C=O) groups excluding carboxylic acids is 1. The molecular weight excluding hydrogens is 270 g/mol. The van der Waals surface area contributed by atoms with Gasteiger partial charge in [-0.05, 0) is 32.9 Å². The Hall–Kier alpha value is -2.04. The number of hydrogen-bond acceptors (Lipinski definition) is 3. The maximum absolute atomic E-state index is 12.1. The Bertz CT molecular complexity index is 470. The highest BCUT2D eigenvalue weighted by Crippen LogP contribution is 2.12. The predicted octanol–water partition coefficient (Wildman–Crippen LogP) is 2.48. The molecule has 21 heavy (non-hydrogen) atoms. The van der Waals surface area contributed by atoms with Gasteiger partial charge in [0.1, 0.15) is 5.75 Å². The van der Waals surface area contributed by atoms with E-state index in [1.54, 1.807) is 11.8 Å². The number of rotatable bonds is 8. The SMILES string of the molecule is CCN(C(=O)CCOc1ccc(C)cc1)C(C)CC(=O)O. The average molecular weight is 293 g/mol. The van der Waals surface area contributed by atoms with Crippen molar-refractivity contribution in [3.8, 4) is 5.75 Å². The van der Waals surface area contributed by atoms with Crippen molar-refractivity contribution < 1.29 is 19.4 Å². The molecule has 1 N–H and O–H groups in total. The Morgan fingerprint density at radius 1 is 1.29 bits per heavy atom. The number of carbonyl (C=O) groups is 2. The van der Waals surface area contributed by atoms with Crippen LogP contribution in [0.4, 0.5) is 0 Å². The third-order valence-electron chi connectivity index (χ3n) is 3.27. The Labute approximate surface area is 125 Å². The van der Waals surface area contributed by atoms with Gasteiger partial charge in [-0.3, -0.25) is 9.59 Å². The van der Waals surface area contributed by atoms with Crippen molar-refractivity contribution >= 4 is 11.9 Å². The second-order valence-corrected chi connectivity index (χ2v) is 5.04. The number of carboxylic acids is 1. The van der Waals surface area contributed by atoms with E-state index in [9.17, 15) is 9.59 Å². The van der Waals surface area contributed by atoms with Gasteiger partial charge in [-0.15, -0.1) is 0 Å². The van der Waals surface area contributed by atoms with Gasteiger partial charge in [0.25, 0.3) is 0 Å². The lowest BCUT2D eigenvalue weighted by Gasteiger charge is -2.27. The second kappa shape index (κ2) is 8.29. The minimum Gasteiger partial charge on any atom is -0.493 e. The van der Waals surface area contributed by atoms with Gasteiger partial charge >= 0.3 is 5.97 Å². The molecule has 0 heterocycles. The molecule has 1 aromatic carbocycles. The van der Waals surface area contributed by atoms with Gasteiger partial charge in [-0.25, -0.2) is 0 Å². The lowest BCUT2D eigenvalue weighted by atomic mass is 10.2. The highest BCUT2D eigenvalue weighted by atomic mass is 16.5. The number of aliphatic carboxylic acids is 1. The summed E-state index contributed by atoms with van der Waals surface area (Å²) in [5.41, 5.74) is 1.15. The molecule has 0 bridgehead atoms. The van der Waals surface area contributed by atoms with Crippen molar-refractivity contribution in [2.75, 3.05) is 13.2 Å². The summed E-state index contributed by atoms with van der Waals surface area (Å²) in [6, 6.07) is 7.32. The summed E-state index contributed by atoms with van der Waals surface area (Å²) in [5, 5.41) is 8.79. The first-order valence-corrected chi connectivity index (χ1v) is 7.14. The van der Waals surface area contributed by atoms with E-state index >= 15 is 0 Å². The van der Waals surface area contributed by atoms with Crippen LogP contribution in [-0.4, -0.2) is 41.1 Å². The maximum atomic E-state index is 12.1. The number of ether oxygens (including phenoxy) is 1. The minimum atomic E-state index is -0.898. The second-order valence-electron chi connectivity index (χ2n) is 5.04. The largest absolute Gasteiger partial charge is 0.493 e. The Balaban J connectivity index is 2.43. The van der Waals surface area contributed by atoms with E-state index in [1.165, 1.54) is 0 Å². The molecule has 0 radical (unpaired) electrons. The van der Waals surface area contributed by atoms with Crippen LogP contribution in [0.25, 0.3) is 0 Å². The summed E-state index contributed by atoms with van der Waals surface area (Å²) < 4.78 is 5.52. The van der Waals surface area contributed by atoms with Gasteiger partial charge in [0.15, 0.2) is 0 Å². The molecule has 1 aromatic rings. The summed E-state index contributed by atoms with van der Waals surface area (Å²) >= 11 is 0. The molecule has 0 aliphatic heterocycles. The topological polar surface area (TPSA) is 66.8 Å². The third-order valence-corrected chi connectivity index (χ3v) is 3.27. The molecule has 0 spiro atoms. The van der Waals surface area contributed by atoms with Crippen molar-refractivity contribution in [3.05, 3.63) is 29.8 Å². The fourth-order valence-corrected chi connectivity index (χ4v) is 2.13. The van der Waals surface area contributed by atoms with E-state index in [-0.39, 0.29) is 31.4 Å². The molecule has 5 heteroatoms. The van der Waals surface area contributed by atoms with Gasteiger partial charge in [0, 0.05) is 12.6 Å². The summed E-state index contributed by atoms with van der Waals surface area (Å²) in [6.45, 7) is 6.37. The monoisotopic (exact) mass is 293 g/mol. The van der Waals surface area contributed by atoms with Crippen molar-refractivity contribution in [1.29, 1.82) is 0 Å². The van der Waals surface area contributed by atoms with Crippen LogP contribution in [0, 0.1) is 6.92 Å². The smallest absolute Gasteiger partial charge is 0.305 e. The average Bonchev–Trinajstić information content (AvgIpc) is 2.41. The van der Waals surface area contributed by atoms with E-state index in [1.807, 2.05) is 38.1 Å². The van der Waals surface area contributed by atoms with Crippen LogP contribution in [0.15, 0.2) is 24.3 Å². The molecule has 0 aliphatic rings. The molecular formula is C16H23NO4. The first-order valence-electron chi connectivity index (χ1n) is 7.14. The molecule has 0 aliphatic carbocycles. The van der Waals surface area contributed by atoms with Crippen LogP contribution < -0.4 is 4.74 Å².